The maximum Gasteiger partial charge on any atom is 0.265 e. The summed E-state index contributed by atoms with van der Waals surface area (Å²) in [5.74, 6) is 0.803. The second kappa shape index (κ2) is 6.76. The van der Waals surface area contributed by atoms with Gasteiger partial charge in [0.05, 0.1) is 0 Å². The Hall–Kier alpha value is -1.12. The van der Waals surface area contributed by atoms with E-state index >= 15 is 0 Å². The van der Waals surface area contributed by atoms with Gasteiger partial charge in [0.15, 0.2) is 5.82 Å². The van der Waals surface area contributed by atoms with Crippen LogP contribution in [0, 0.1) is 0 Å². The lowest BCUT2D eigenvalue weighted by molar-refractivity contribution is 0.279. The van der Waals surface area contributed by atoms with Crippen molar-refractivity contribution in [2.24, 2.45) is 0 Å². The second-order valence-electron chi connectivity index (χ2n) is 4.22. The lowest BCUT2D eigenvalue weighted by atomic mass is 10.3. The van der Waals surface area contributed by atoms with Gasteiger partial charge in [-0.05, 0) is 24.6 Å². The Morgan fingerprint density at radius 1 is 1.43 bits per heavy atom. The average Bonchev–Trinajstić information content (AvgIpc) is 2.84. The molecular weight excluding hydrogens is 382 g/mol. The van der Waals surface area contributed by atoms with Crippen LogP contribution in [0.25, 0.3) is 0 Å². The highest BCUT2D eigenvalue weighted by Gasteiger charge is 2.18. The average molecular weight is 395 g/mol. The van der Waals surface area contributed by atoms with Gasteiger partial charge >= 0.3 is 0 Å². The Kier molecular flexibility index (Phi) is 5.23. The molecule has 0 amide bonds. The molecule has 2 aromatic rings. The van der Waals surface area contributed by atoms with Gasteiger partial charge in [-0.3, -0.25) is 0 Å². The number of nitrogens with zero attached hydrogens (tertiary/aromatic N) is 3. The summed E-state index contributed by atoms with van der Waals surface area (Å²) in [4.78, 5) is 4.01. The summed E-state index contributed by atoms with van der Waals surface area (Å²) in [5, 5.41) is 4.08. The van der Waals surface area contributed by atoms with E-state index in [-0.39, 0.29) is 17.3 Å². The lowest BCUT2D eigenvalue weighted by Crippen LogP contribution is -2.09. The van der Waals surface area contributed by atoms with Gasteiger partial charge in [-0.25, -0.2) is 18.1 Å². The summed E-state index contributed by atoms with van der Waals surface area (Å²) in [7, 11) is 1.52. The van der Waals surface area contributed by atoms with E-state index in [4.69, 9.17) is 15.4 Å². The van der Waals surface area contributed by atoms with Gasteiger partial charge in [0, 0.05) is 21.7 Å². The predicted molar refractivity (Wildman–Crippen MR) is 81.8 cm³/mol. The molecule has 0 atom stereocenters. The van der Waals surface area contributed by atoms with Crippen LogP contribution >= 0.6 is 26.6 Å². The van der Waals surface area contributed by atoms with Crippen LogP contribution in [0.4, 0.5) is 0 Å². The molecule has 0 aliphatic heterocycles. The fourth-order valence-electron chi connectivity index (χ4n) is 1.73. The number of hydrogen-bond donors (Lipinski definition) is 0. The summed E-state index contributed by atoms with van der Waals surface area (Å²) in [6.07, 6.45) is 2.35. The van der Waals surface area contributed by atoms with Crippen molar-refractivity contribution in [3.63, 3.8) is 0 Å². The van der Waals surface area contributed by atoms with Crippen LogP contribution in [-0.4, -0.2) is 23.2 Å². The number of benzene rings is 1. The van der Waals surface area contributed by atoms with Crippen molar-refractivity contribution in [3.8, 4) is 5.75 Å². The molecule has 0 N–H and O–H groups in total. The quantitative estimate of drug-likeness (QED) is 0.704. The van der Waals surface area contributed by atoms with Crippen LogP contribution in [0.5, 0.6) is 5.75 Å². The molecule has 114 valence electrons. The van der Waals surface area contributed by atoms with Gasteiger partial charge in [0.2, 0.25) is 0 Å². The molecule has 1 aromatic heterocycles. The topological polar surface area (TPSA) is 74.1 Å². The van der Waals surface area contributed by atoms with Crippen LogP contribution in [-0.2, 0) is 22.2 Å². The number of hydrogen-bond acceptors (Lipinski definition) is 5. The molecule has 0 fully saturated rings. The summed E-state index contributed by atoms with van der Waals surface area (Å²) < 4.78 is 31.0. The number of halogens is 2. The molecule has 6 nitrogen and oxygen atoms in total. The molecular formula is C12H13BrClN3O3S. The van der Waals surface area contributed by atoms with Crippen LogP contribution in [0.2, 0.25) is 0 Å². The zero-order valence-corrected chi connectivity index (χ0v) is 14.3. The first kappa shape index (κ1) is 16.3. The number of rotatable bonds is 6. The first-order chi connectivity index (χ1) is 9.91. The molecule has 0 saturated carbocycles. The van der Waals surface area contributed by atoms with Gasteiger partial charge in [-0.2, -0.15) is 5.10 Å². The first-order valence-electron chi connectivity index (χ1n) is 6.15. The Bertz CT molecular complexity index is 733. The molecule has 0 radical (unpaired) electrons. The van der Waals surface area contributed by atoms with Crippen LogP contribution in [0.1, 0.15) is 19.2 Å². The maximum absolute atomic E-state index is 11.6. The summed E-state index contributed by atoms with van der Waals surface area (Å²) in [6, 6.07) is 4.62. The normalized spacial score (nSPS) is 11.6. The SMILES string of the molecule is CCCn1ncnc1COc1ccc(Br)cc1S(=O)(=O)Cl. The monoisotopic (exact) mass is 393 g/mol. The van der Waals surface area contributed by atoms with E-state index in [2.05, 4.69) is 26.0 Å². The third-order valence-electron chi connectivity index (χ3n) is 2.66. The fraction of sp³-hybridized carbons (Fsp3) is 0.333. The first-order valence-corrected chi connectivity index (χ1v) is 9.25. The van der Waals surface area contributed by atoms with Crippen molar-refractivity contribution in [1.82, 2.24) is 14.8 Å². The lowest BCUT2D eigenvalue weighted by Gasteiger charge is -2.10. The maximum atomic E-state index is 11.6. The standard InChI is InChI=1S/C12H13BrClN3O3S/c1-2-5-17-12(15-8-16-17)7-20-10-4-3-9(13)6-11(10)21(14,18)19/h3-4,6,8H,2,5,7H2,1H3. The molecule has 0 spiro atoms. The molecule has 1 aromatic carbocycles. The third kappa shape index (κ3) is 4.18. The fourth-order valence-corrected chi connectivity index (χ4v) is 3.24. The van der Waals surface area contributed by atoms with E-state index in [1.807, 2.05) is 6.92 Å². The van der Waals surface area contributed by atoms with Crippen molar-refractivity contribution >= 4 is 35.7 Å². The predicted octanol–water partition coefficient (Wildman–Crippen LogP) is 2.96. The largest absolute Gasteiger partial charge is 0.484 e. The molecule has 2 rings (SSSR count). The molecule has 9 heteroatoms. The number of aromatic nitrogens is 3. The Labute approximate surface area is 135 Å². The van der Waals surface area contributed by atoms with Crippen LogP contribution < -0.4 is 4.74 Å². The zero-order valence-electron chi connectivity index (χ0n) is 11.2. The van der Waals surface area contributed by atoms with Gasteiger partial charge in [0.1, 0.15) is 23.6 Å². The summed E-state index contributed by atoms with van der Waals surface area (Å²) in [5.41, 5.74) is 0. The van der Waals surface area contributed by atoms with Gasteiger partial charge in [-0.1, -0.05) is 22.9 Å². The number of ether oxygens (including phenoxy) is 1. The molecule has 0 aliphatic rings. The van der Waals surface area contributed by atoms with Gasteiger partial charge in [0.25, 0.3) is 9.05 Å². The second-order valence-corrected chi connectivity index (χ2v) is 7.67. The van der Waals surface area contributed by atoms with Crippen molar-refractivity contribution in [3.05, 3.63) is 34.8 Å². The van der Waals surface area contributed by atoms with E-state index in [1.165, 1.54) is 12.4 Å². The minimum Gasteiger partial charge on any atom is -0.484 e. The van der Waals surface area contributed by atoms with Crippen molar-refractivity contribution in [1.29, 1.82) is 0 Å². The van der Waals surface area contributed by atoms with Gasteiger partial charge in [-0.15, -0.1) is 0 Å². The smallest absolute Gasteiger partial charge is 0.265 e. The minimum atomic E-state index is -3.89. The Morgan fingerprint density at radius 2 is 2.19 bits per heavy atom. The molecule has 0 bridgehead atoms. The van der Waals surface area contributed by atoms with E-state index in [0.717, 1.165) is 13.0 Å². The summed E-state index contributed by atoms with van der Waals surface area (Å²) >= 11 is 3.21. The Morgan fingerprint density at radius 3 is 2.86 bits per heavy atom. The highest BCUT2D eigenvalue weighted by Crippen LogP contribution is 2.30. The minimum absolute atomic E-state index is 0.0832. The van der Waals surface area contributed by atoms with Crippen molar-refractivity contribution < 1.29 is 13.2 Å². The third-order valence-corrected chi connectivity index (χ3v) is 4.49. The van der Waals surface area contributed by atoms with Crippen molar-refractivity contribution in [2.45, 2.75) is 31.4 Å². The highest BCUT2D eigenvalue weighted by molar-refractivity contribution is 9.10. The van der Waals surface area contributed by atoms with Crippen molar-refractivity contribution in [2.75, 3.05) is 0 Å². The van der Waals surface area contributed by atoms with E-state index < -0.39 is 9.05 Å². The molecule has 0 aliphatic carbocycles. The van der Waals surface area contributed by atoms with Crippen LogP contribution in [0.3, 0.4) is 0 Å². The molecule has 0 unspecified atom stereocenters. The summed E-state index contributed by atoms with van der Waals surface area (Å²) in [6.45, 7) is 2.86. The number of aryl methyl sites for hydroxylation is 1. The van der Waals surface area contributed by atoms with Gasteiger partial charge < -0.3 is 4.74 Å². The van der Waals surface area contributed by atoms with E-state index in [0.29, 0.717) is 10.3 Å². The molecule has 0 saturated heterocycles. The van der Waals surface area contributed by atoms with Crippen LogP contribution in [0.15, 0.2) is 33.9 Å². The highest BCUT2D eigenvalue weighted by atomic mass is 79.9. The zero-order chi connectivity index (χ0) is 15.5. The van der Waals surface area contributed by atoms with E-state index in [1.54, 1.807) is 16.8 Å². The Balaban J connectivity index is 2.22. The van der Waals surface area contributed by atoms with E-state index in [9.17, 15) is 8.42 Å². The molecule has 1 heterocycles. The molecule has 21 heavy (non-hydrogen) atoms.